The van der Waals surface area contributed by atoms with Crippen LogP contribution in [0.15, 0.2) is 29.0 Å². The molecule has 4 nitrogen and oxygen atoms in total. The average Bonchev–Trinajstić information content (AvgIpc) is 3.06. The van der Waals surface area contributed by atoms with Gasteiger partial charge in [0.05, 0.1) is 0 Å². The van der Waals surface area contributed by atoms with E-state index in [0.29, 0.717) is 12.4 Å². The van der Waals surface area contributed by atoms with Gasteiger partial charge in [0.25, 0.3) is 0 Å². The van der Waals surface area contributed by atoms with Crippen LogP contribution in [0.2, 0.25) is 0 Å². The second-order valence-corrected chi connectivity index (χ2v) is 6.26. The first-order chi connectivity index (χ1) is 8.83. The topological polar surface area (TPSA) is 41.9 Å². The van der Waals surface area contributed by atoms with Gasteiger partial charge in [0.15, 0.2) is 0 Å². The number of ether oxygens (including phenoxy) is 1. The summed E-state index contributed by atoms with van der Waals surface area (Å²) in [6.07, 6.45) is 4.70. The van der Waals surface area contributed by atoms with E-state index in [2.05, 4.69) is 18.3 Å². The van der Waals surface area contributed by atoms with Crippen molar-refractivity contribution in [2.24, 2.45) is 10.4 Å². The van der Waals surface area contributed by atoms with Crippen LogP contribution in [-0.4, -0.2) is 29.9 Å². The van der Waals surface area contributed by atoms with Gasteiger partial charge in [-0.15, -0.1) is 0 Å². The molecule has 0 unspecified atom stereocenters. The lowest BCUT2D eigenvalue weighted by atomic mass is 9.88. The second-order valence-electron chi connectivity index (χ2n) is 6.26. The summed E-state index contributed by atoms with van der Waals surface area (Å²) in [6.45, 7) is 13.7. The smallest absolute Gasteiger partial charge is 0.416 e. The predicted octanol–water partition coefficient (Wildman–Crippen LogP) is 3.51. The van der Waals surface area contributed by atoms with Crippen LogP contribution in [0.4, 0.5) is 4.79 Å². The van der Waals surface area contributed by atoms with E-state index < -0.39 is 5.60 Å². The second kappa shape index (κ2) is 4.51. The van der Waals surface area contributed by atoms with E-state index in [0.717, 1.165) is 24.8 Å². The summed E-state index contributed by atoms with van der Waals surface area (Å²) in [5.41, 5.74) is 0.725. The molecule has 1 fully saturated rings. The third-order valence-electron chi connectivity index (χ3n) is 3.70. The zero-order valence-electron chi connectivity index (χ0n) is 12.0. The van der Waals surface area contributed by atoms with Crippen molar-refractivity contribution in [3.05, 3.63) is 24.0 Å². The third kappa shape index (κ3) is 2.57. The van der Waals surface area contributed by atoms with Crippen molar-refractivity contribution in [3.8, 4) is 0 Å². The summed E-state index contributed by atoms with van der Waals surface area (Å²) in [6, 6.07) is 0. The lowest BCUT2D eigenvalue weighted by Crippen LogP contribution is -2.40. The Hall–Kier alpha value is -1.58. The molecule has 104 valence electrons. The molecule has 1 amide bonds. The van der Waals surface area contributed by atoms with Crippen LogP contribution in [0, 0.1) is 5.41 Å². The van der Waals surface area contributed by atoms with Crippen molar-refractivity contribution in [1.29, 1.82) is 0 Å². The molecule has 2 rings (SSSR count). The molecule has 0 aromatic heterocycles. The minimum Gasteiger partial charge on any atom is -0.443 e. The Morgan fingerprint density at radius 3 is 2.47 bits per heavy atom. The van der Waals surface area contributed by atoms with E-state index in [9.17, 15) is 4.79 Å². The van der Waals surface area contributed by atoms with Crippen LogP contribution in [0.1, 0.15) is 40.0 Å². The highest BCUT2D eigenvalue weighted by Crippen LogP contribution is 2.58. The maximum absolute atomic E-state index is 12.2. The minimum atomic E-state index is -0.508. The number of allylic oxidation sites excluding steroid dienone is 2. The van der Waals surface area contributed by atoms with Crippen molar-refractivity contribution in [2.45, 2.75) is 45.6 Å². The first-order valence-corrected chi connectivity index (χ1v) is 6.67. The number of carbonyl (C=O) groups excluding carboxylic acids is 1. The van der Waals surface area contributed by atoms with Crippen LogP contribution >= 0.6 is 0 Å². The summed E-state index contributed by atoms with van der Waals surface area (Å²) in [5, 5.41) is 0. The quantitative estimate of drug-likeness (QED) is 0.715. The van der Waals surface area contributed by atoms with E-state index in [1.165, 1.54) is 0 Å². The Kier molecular flexibility index (Phi) is 3.29. The molecular formula is C15H22N2O2. The van der Waals surface area contributed by atoms with Crippen molar-refractivity contribution in [2.75, 3.05) is 6.54 Å². The number of hydrogen-bond donors (Lipinski definition) is 0. The van der Waals surface area contributed by atoms with Gasteiger partial charge in [-0.25, -0.2) is 9.79 Å². The van der Waals surface area contributed by atoms with Crippen molar-refractivity contribution in [3.63, 3.8) is 0 Å². The van der Waals surface area contributed by atoms with E-state index in [-0.39, 0.29) is 11.5 Å². The van der Waals surface area contributed by atoms with E-state index in [1.54, 1.807) is 4.90 Å². The Morgan fingerprint density at radius 2 is 2.05 bits per heavy atom. The zero-order chi connectivity index (χ0) is 14.3. The molecule has 1 saturated carbocycles. The fourth-order valence-electron chi connectivity index (χ4n) is 2.59. The summed E-state index contributed by atoms with van der Waals surface area (Å²) < 4.78 is 5.42. The highest BCUT2D eigenvalue weighted by atomic mass is 16.6. The van der Waals surface area contributed by atoms with Gasteiger partial charge in [0.2, 0.25) is 0 Å². The molecule has 0 saturated heterocycles. The highest BCUT2D eigenvalue weighted by molar-refractivity contribution is 5.72. The lowest BCUT2D eigenvalue weighted by Gasteiger charge is -2.34. The molecule has 2 aliphatic rings. The largest absolute Gasteiger partial charge is 0.443 e. The number of hydrogen-bond acceptors (Lipinski definition) is 3. The number of nitrogens with zero attached hydrogens (tertiary/aromatic N) is 2. The molecule has 0 aromatic carbocycles. The third-order valence-corrected chi connectivity index (χ3v) is 3.70. The Balaban J connectivity index is 2.29. The summed E-state index contributed by atoms with van der Waals surface area (Å²) >= 11 is 0. The van der Waals surface area contributed by atoms with Gasteiger partial charge >= 0.3 is 6.09 Å². The first-order valence-electron chi connectivity index (χ1n) is 6.67. The van der Waals surface area contributed by atoms with Gasteiger partial charge < -0.3 is 4.74 Å². The Bertz CT molecular complexity index is 453. The molecule has 0 radical (unpaired) electrons. The van der Waals surface area contributed by atoms with Gasteiger partial charge in [-0.2, -0.15) is 0 Å². The molecule has 19 heavy (non-hydrogen) atoms. The maximum Gasteiger partial charge on any atom is 0.416 e. The zero-order valence-corrected chi connectivity index (χ0v) is 12.0. The van der Waals surface area contributed by atoms with Gasteiger partial charge in [-0.3, -0.25) is 4.90 Å². The predicted molar refractivity (Wildman–Crippen MR) is 76.0 cm³/mol. The van der Waals surface area contributed by atoms with Crippen molar-refractivity contribution >= 4 is 12.8 Å². The average molecular weight is 262 g/mol. The summed E-state index contributed by atoms with van der Waals surface area (Å²) in [4.78, 5) is 17.9. The first kappa shape index (κ1) is 13.8. The molecule has 0 aromatic rings. The number of carbonyl (C=O) groups is 1. The molecule has 1 heterocycles. The van der Waals surface area contributed by atoms with Gasteiger partial charge in [-0.05, 0) is 46.8 Å². The van der Waals surface area contributed by atoms with E-state index in [4.69, 9.17) is 4.74 Å². The van der Waals surface area contributed by atoms with Crippen LogP contribution in [0.25, 0.3) is 0 Å². The van der Waals surface area contributed by atoms with Crippen molar-refractivity contribution in [1.82, 2.24) is 4.90 Å². The van der Waals surface area contributed by atoms with Crippen LogP contribution in [-0.2, 0) is 4.74 Å². The maximum atomic E-state index is 12.2. The van der Waals surface area contributed by atoms with Gasteiger partial charge in [0, 0.05) is 17.5 Å². The van der Waals surface area contributed by atoms with Crippen LogP contribution < -0.4 is 0 Å². The standard InChI is InChI=1S/C15H22N2O2/c1-6-11-12(16-5)17(10-9-15(11)7-8-15)13(18)19-14(2,3)4/h6H,1,5,7-10H2,2-4H3. The van der Waals surface area contributed by atoms with Crippen LogP contribution in [0.5, 0.6) is 0 Å². The lowest BCUT2D eigenvalue weighted by molar-refractivity contribution is 0.0286. The van der Waals surface area contributed by atoms with Crippen molar-refractivity contribution < 1.29 is 9.53 Å². The highest BCUT2D eigenvalue weighted by Gasteiger charge is 2.50. The van der Waals surface area contributed by atoms with E-state index >= 15 is 0 Å². The minimum absolute atomic E-state index is 0.191. The molecule has 4 heteroatoms. The fraction of sp³-hybridized carbons (Fsp3) is 0.600. The molecule has 1 aliphatic carbocycles. The van der Waals surface area contributed by atoms with Crippen LogP contribution in [0.3, 0.4) is 0 Å². The number of aliphatic imine (C=N–C) groups is 1. The molecular weight excluding hydrogens is 240 g/mol. The fourth-order valence-corrected chi connectivity index (χ4v) is 2.59. The SMILES string of the molecule is C=CC1=C(N=C)N(C(=O)OC(C)(C)C)CCC12CC2. The Labute approximate surface area is 114 Å². The molecule has 1 aliphatic heterocycles. The molecule has 0 bridgehead atoms. The summed E-state index contributed by atoms with van der Waals surface area (Å²) in [5.74, 6) is 0.619. The molecule has 1 spiro atoms. The monoisotopic (exact) mass is 262 g/mol. The number of amides is 1. The van der Waals surface area contributed by atoms with Gasteiger partial charge in [0.1, 0.15) is 11.4 Å². The Morgan fingerprint density at radius 1 is 1.42 bits per heavy atom. The summed E-state index contributed by atoms with van der Waals surface area (Å²) in [7, 11) is 0. The molecule has 0 atom stereocenters. The normalized spacial score (nSPS) is 21.3. The van der Waals surface area contributed by atoms with E-state index in [1.807, 2.05) is 26.8 Å². The molecule has 0 N–H and O–H groups in total. The van der Waals surface area contributed by atoms with Gasteiger partial charge in [-0.1, -0.05) is 12.7 Å². The number of rotatable bonds is 2.